The number of nitrogens with zero attached hydrogens (tertiary/aromatic N) is 2. The van der Waals surface area contributed by atoms with Gasteiger partial charge in [-0.15, -0.1) is 10.2 Å². The van der Waals surface area contributed by atoms with Crippen LogP contribution in [0.25, 0.3) is 0 Å². The summed E-state index contributed by atoms with van der Waals surface area (Å²) in [5, 5.41) is 11.6. The first-order chi connectivity index (χ1) is 7.46. The second-order valence-electron chi connectivity index (χ2n) is 3.28. The summed E-state index contributed by atoms with van der Waals surface area (Å²) in [7, 11) is -3.09. The Morgan fingerprint density at radius 1 is 1.38 bits per heavy atom. The number of anilines is 1. The van der Waals surface area contributed by atoms with Gasteiger partial charge in [0.15, 0.2) is 20.1 Å². The van der Waals surface area contributed by atoms with E-state index in [-0.39, 0.29) is 22.1 Å². The van der Waals surface area contributed by atoms with E-state index in [1.165, 1.54) is 11.5 Å². The van der Waals surface area contributed by atoms with Crippen LogP contribution in [0, 0.1) is 0 Å². The van der Waals surface area contributed by atoms with Gasteiger partial charge in [0.25, 0.3) is 0 Å². The number of hydrogen-bond donors (Lipinski definition) is 1. The molecule has 0 aliphatic carbocycles. The number of rotatable bonds is 2. The number of sulfone groups is 1. The Kier molecular flexibility index (Phi) is 3.05. The molecule has 0 aromatic carbocycles. The molecule has 0 radical (unpaired) electrons. The van der Waals surface area contributed by atoms with Gasteiger partial charge in [-0.3, -0.25) is 0 Å². The summed E-state index contributed by atoms with van der Waals surface area (Å²) >= 11 is 11.4. The molecule has 0 spiro atoms. The minimum atomic E-state index is -3.09. The van der Waals surface area contributed by atoms with Gasteiger partial charge in [0.05, 0.1) is 17.5 Å². The predicted molar refractivity (Wildman–Crippen MR) is 62.4 cm³/mol. The fourth-order valence-corrected chi connectivity index (χ4v) is 2.85. The molecule has 2 heterocycles. The van der Waals surface area contributed by atoms with E-state index in [1.807, 2.05) is 0 Å². The Morgan fingerprint density at radius 2 is 2.12 bits per heavy atom. The van der Waals surface area contributed by atoms with Gasteiger partial charge >= 0.3 is 0 Å². The molecule has 8 heteroatoms. The average molecular weight is 280 g/mol. The van der Waals surface area contributed by atoms with Crippen molar-refractivity contribution in [3.63, 3.8) is 0 Å². The molecule has 1 aliphatic heterocycles. The van der Waals surface area contributed by atoms with E-state index in [2.05, 4.69) is 15.5 Å². The summed E-state index contributed by atoms with van der Waals surface area (Å²) < 4.78 is 22.3. The van der Waals surface area contributed by atoms with Crippen molar-refractivity contribution in [2.45, 2.75) is 6.04 Å². The van der Waals surface area contributed by atoms with Crippen molar-refractivity contribution in [3.8, 4) is 0 Å². The highest BCUT2D eigenvalue weighted by Gasteiger charge is 2.22. The Labute approximate surface area is 102 Å². The zero-order valence-electron chi connectivity index (χ0n) is 7.89. The molecule has 0 fully saturated rings. The Morgan fingerprint density at radius 3 is 2.75 bits per heavy atom. The zero-order chi connectivity index (χ0) is 11.8. The van der Waals surface area contributed by atoms with E-state index in [9.17, 15) is 8.42 Å². The van der Waals surface area contributed by atoms with Crippen LogP contribution in [0.1, 0.15) is 0 Å². The maximum atomic E-state index is 11.2. The van der Waals surface area contributed by atoms with E-state index in [0.29, 0.717) is 5.69 Å². The van der Waals surface area contributed by atoms with Crippen LogP contribution in [-0.2, 0) is 9.84 Å². The van der Waals surface area contributed by atoms with Crippen LogP contribution in [0.15, 0.2) is 17.6 Å². The molecule has 0 saturated heterocycles. The average Bonchev–Trinajstić information content (AvgIpc) is 2.52. The number of halogens is 2. The molecule has 0 bridgehead atoms. The van der Waals surface area contributed by atoms with Crippen LogP contribution in [0.5, 0.6) is 0 Å². The number of hydrogen-bond acceptors (Lipinski definition) is 5. The molecule has 1 unspecified atom stereocenters. The summed E-state index contributed by atoms with van der Waals surface area (Å²) in [5.41, 5.74) is 0.466. The maximum Gasteiger partial charge on any atom is 0.174 e. The van der Waals surface area contributed by atoms with Crippen LogP contribution in [-0.4, -0.2) is 30.4 Å². The van der Waals surface area contributed by atoms with Crippen molar-refractivity contribution in [2.75, 3.05) is 11.1 Å². The lowest BCUT2D eigenvalue weighted by Gasteiger charge is -2.11. The van der Waals surface area contributed by atoms with E-state index < -0.39 is 9.84 Å². The second-order valence-corrected chi connectivity index (χ2v) is 5.96. The quantitative estimate of drug-likeness (QED) is 0.889. The molecule has 1 aromatic rings. The van der Waals surface area contributed by atoms with Gasteiger partial charge in [-0.25, -0.2) is 8.42 Å². The molecule has 5 nitrogen and oxygen atoms in total. The first kappa shape index (κ1) is 11.6. The topological polar surface area (TPSA) is 72.0 Å². The van der Waals surface area contributed by atoms with Gasteiger partial charge in [-0.05, 0) is 0 Å². The molecular formula is C8H7Cl2N3O2S. The highest BCUT2D eigenvalue weighted by Crippen LogP contribution is 2.23. The van der Waals surface area contributed by atoms with E-state index in [0.717, 1.165) is 0 Å². The fraction of sp³-hybridized carbons (Fsp3) is 0.250. The number of aromatic nitrogens is 2. The monoisotopic (exact) mass is 279 g/mol. The van der Waals surface area contributed by atoms with Gasteiger partial charge < -0.3 is 5.32 Å². The summed E-state index contributed by atoms with van der Waals surface area (Å²) in [5.74, 6) is 0.00324. The third-order valence-electron chi connectivity index (χ3n) is 1.99. The molecule has 0 amide bonds. The second kappa shape index (κ2) is 4.20. The molecule has 1 aliphatic rings. The zero-order valence-corrected chi connectivity index (χ0v) is 10.2. The molecule has 0 saturated carbocycles. The fourth-order valence-electron chi connectivity index (χ4n) is 1.32. The molecule has 1 atom stereocenters. The number of nitrogens with one attached hydrogen (secondary N) is 1. The highest BCUT2D eigenvalue weighted by atomic mass is 35.5. The lowest BCUT2D eigenvalue weighted by molar-refractivity contribution is 0.605. The molecule has 2 rings (SSSR count). The van der Waals surface area contributed by atoms with Crippen LogP contribution in [0.3, 0.4) is 0 Å². The van der Waals surface area contributed by atoms with Crippen LogP contribution < -0.4 is 5.32 Å². The van der Waals surface area contributed by atoms with Crippen molar-refractivity contribution < 1.29 is 8.42 Å². The standard InChI is InChI=1S/C8H7Cl2N3O2S/c9-7-3-6(8(10)13-12-7)11-5-1-2-16(14,15)4-5/h1-3,5H,4H2,(H,11,12). The van der Waals surface area contributed by atoms with Gasteiger partial charge in [-0.2, -0.15) is 0 Å². The van der Waals surface area contributed by atoms with Crippen LogP contribution >= 0.6 is 23.2 Å². The molecule has 16 heavy (non-hydrogen) atoms. The normalized spacial score (nSPS) is 22.2. The minimum absolute atomic E-state index is 0.00324. The van der Waals surface area contributed by atoms with Crippen molar-refractivity contribution in [2.24, 2.45) is 0 Å². The summed E-state index contributed by atoms with van der Waals surface area (Å²) in [6.45, 7) is 0. The minimum Gasteiger partial charge on any atom is -0.375 e. The van der Waals surface area contributed by atoms with Crippen LogP contribution in [0.2, 0.25) is 10.3 Å². The first-order valence-electron chi connectivity index (χ1n) is 4.32. The van der Waals surface area contributed by atoms with E-state index in [4.69, 9.17) is 23.2 Å². The molecular weight excluding hydrogens is 273 g/mol. The molecule has 1 N–H and O–H groups in total. The Hall–Kier alpha value is -0.850. The molecule has 86 valence electrons. The lowest BCUT2D eigenvalue weighted by Crippen LogP contribution is -2.21. The van der Waals surface area contributed by atoms with Gasteiger partial charge in [0.1, 0.15) is 0 Å². The first-order valence-corrected chi connectivity index (χ1v) is 6.80. The summed E-state index contributed by atoms with van der Waals surface area (Å²) in [6.07, 6.45) is 1.56. The van der Waals surface area contributed by atoms with Crippen molar-refractivity contribution >= 4 is 38.7 Å². The Balaban J connectivity index is 2.17. The van der Waals surface area contributed by atoms with Crippen molar-refractivity contribution in [3.05, 3.63) is 27.9 Å². The van der Waals surface area contributed by atoms with Gasteiger partial charge in [0, 0.05) is 11.5 Å². The largest absolute Gasteiger partial charge is 0.375 e. The van der Waals surface area contributed by atoms with Crippen LogP contribution in [0.4, 0.5) is 5.69 Å². The lowest BCUT2D eigenvalue weighted by atomic mass is 10.3. The SMILES string of the molecule is O=S1(=O)C=CC(Nc2cc(Cl)nnc2Cl)C1. The summed E-state index contributed by atoms with van der Waals surface area (Å²) in [4.78, 5) is 0. The van der Waals surface area contributed by atoms with E-state index >= 15 is 0 Å². The van der Waals surface area contributed by atoms with Gasteiger partial charge in [0.2, 0.25) is 0 Å². The highest BCUT2D eigenvalue weighted by molar-refractivity contribution is 7.94. The van der Waals surface area contributed by atoms with Gasteiger partial charge in [-0.1, -0.05) is 29.3 Å². The third-order valence-corrected chi connectivity index (χ3v) is 3.85. The molecule has 1 aromatic heterocycles. The predicted octanol–water partition coefficient (Wildman–Crippen LogP) is 1.51. The maximum absolute atomic E-state index is 11.2. The third kappa shape index (κ3) is 2.63. The smallest absolute Gasteiger partial charge is 0.174 e. The van der Waals surface area contributed by atoms with E-state index in [1.54, 1.807) is 6.08 Å². The van der Waals surface area contributed by atoms with Crippen molar-refractivity contribution in [1.82, 2.24) is 10.2 Å². The summed E-state index contributed by atoms with van der Waals surface area (Å²) in [6, 6.07) is 1.18. The van der Waals surface area contributed by atoms with Crippen molar-refractivity contribution in [1.29, 1.82) is 0 Å². The Bertz CT molecular complexity index is 544.